The first kappa shape index (κ1) is 9.92. The second-order valence-corrected chi connectivity index (χ2v) is 2.88. The fraction of sp³-hybridized carbons (Fsp3) is 1.00. The number of ether oxygens (including phenoxy) is 1. The number of aliphatic hydroxyl groups excluding tert-OH is 1. The van der Waals surface area contributed by atoms with Crippen LogP contribution in [0, 0.1) is 0 Å². The van der Waals surface area contributed by atoms with Crippen molar-refractivity contribution in [2.24, 2.45) is 0 Å². The van der Waals surface area contributed by atoms with Gasteiger partial charge in [0.15, 0.2) is 0 Å². The smallest absolute Gasteiger partial charge is 0.123 e. The van der Waals surface area contributed by atoms with E-state index in [9.17, 15) is 0 Å². The molecule has 4 heteroatoms. The van der Waals surface area contributed by atoms with E-state index in [0.29, 0.717) is 6.61 Å². The number of piperazine rings is 1. The van der Waals surface area contributed by atoms with Gasteiger partial charge in [0.25, 0.3) is 0 Å². The van der Waals surface area contributed by atoms with E-state index in [1.54, 1.807) is 0 Å². The Labute approximate surface area is 73.5 Å². The van der Waals surface area contributed by atoms with Gasteiger partial charge in [0.2, 0.25) is 0 Å². The van der Waals surface area contributed by atoms with Gasteiger partial charge in [-0.3, -0.25) is 4.90 Å². The summed E-state index contributed by atoms with van der Waals surface area (Å²) in [6.07, 6.45) is 0.149. The summed E-state index contributed by atoms with van der Waals surface area (Å²) < 4.78 is 5.45. The molecule has 1 aliphatic rings. The zero-order chi connectivity index (χ0) is 8.81. The van der Waals surface area contributed by atoms with Gasteiger partial charge in [0.1, 0.15) is 6.23 Å². The maximum absolute atomic E-state index is 8.59. The molecule has 0 amide bonds. The standard InChI is InChI=1S/C8H18N2O2/c1-2-10-4-3-9-7-8(10)12-6-5-11/h8-9,11H,2-7H2,1H3. The molecule has 1 fully saturated rings. The van der Waals surface area contributed by atoms with Crippen LogP contribution >= 0.6 is 0 Å². The average molecular weight is 174 g/mol. The Morgan fingerprint density at radius 2 is 2.50 bits per heavy atom. The van der Waals surface area contributed by atoms with Crippen LogP contribution in [0.15, 0.2) is 0 Å². The maximum Gasteiger partial charge on any atom is 0.123 e. The van der Waals surface area contributed by atoms with E-state index >= 15 is 0 Å². The molecule has 0 aromatic rings. The second kappa shape index (κ2) is 5.48. The lowest BCUT2D eigenvalue weighted by Gasteiger charge is -2.34. The molecular formula is C8H18N2O2. The number of likely N-dealkylation sites (N-methyl/N-ethyl adjacent to an activating group) is 1. The van der Waals surface area contributed by atoms with Crippen molar-refractivity contribution >= 4 is 0 Å². The van der Waals surface area contributed by atoms with Gasteiger partial charge in [0.05, 0.1) is 13.2 Å². The van der Waals surface area contributed by atoms with Crippen LogP contribution in [0.5, 0.6) is 0 Å². The summed E-state index contributed by atoms with van der Waals surface area (Å²) in [5.41, 5.74) is 0. The summed E-state index contributed by atoms with van der Waals surface area (Å²) in [6, 6.07) is 0. The predicted octanol–water partition coefficient (Wildman–Crippen LogP) is -0.753. The van der Waals surface area contributed by atoms with Gasteiger partial charge in [-0.05, 0) is 6.54 Å². The first-order valence-electron chi connectivity index (χ1n) is 4.55. The molecule has 4 nitrogen and oxygen atoms in total. The highest BCUT2D eigenvalue weighted by atomic mass is 16.5. The zero-order valence-corrected chi connectivity index (χ0v) is 7.62. The minimum atomic E-state index is 0.105. The van der Waals surface area contributed by atoms with Crippen molar-refractivity contribution in [2.75, 3.05) is 39.4 Å². The Hall–Kier alpha value is -0.160. The van der Waals surface area contributed by atoms with Crippen LogP contribution in [-0.4, -0.2) is 55.6 Å². The Kier molecular flexibility index (Phi) is 4.53. The van der Waals surface area contributed by atoms with E-state index in [0.717, 1.165) is 26.2 Å². The lowest BCUT2D eigenvalue weighted by molar-refractivity contribution is -0.0768. The molecule has 1 aliphatic heterocycles. The largest absolute Gasteiger partial charge is 0.394 e. The SMILES string of the molecule is CCN1CCNCC1OCCO. The Morgan fingerprint density at radius 1 is 1.67 bits per heavy atom. The molecule has 2 N–H and O–H groups in total. The maximum atomic E-state index is 8.59. The molecule has 1 heterocycles. The van der Waals surface area contributed by atoms with Crippen LogP contribution in [0.3, 0.4) is 0 Å². The van der Waals surface area contributed by atoms with Gasteiger partial charge in [0, 0.05) is 19.6 Å². The van der Waals surface area contributed by atoms with Crippen LogP contribution in [0.2, 0.25) is 0 Å². The third-order valence-electron chi connectivity index (χ3n) is 2.11. The predicted molar refractivity (Wildman–Crippen MR) is 46.9 cm³/mol. The number of hydrogen-bond donors (Lipinski definition) is 2. The van der Waals surface area contributed by atoms with Gasteiger partial charge in [-0.1, -0.05) is 6.92 Å². The summed E-state index contributed by atoms with van der Waals surface area (Å²) >= 11 is 0. The fourth-order valence-corrected chi connectivity index (χ4v) is 1.44. The molecule has 1 saturated heterocycles. The Morgan fingerprint density at radius 3 is 3.17 bits per heavy atom. The van der Waals surface area contributed by atoms with E-state index in [1.807, 2.05) is 0 Å². The summed E-state index contributed by atoms with van der Waals surface area (Å²) in [5, 5.41) is 11.9. The monoisotopic (exact) mass is 174 g/mol. The number of nitrogens with one attached hydrogen (secondary N) is 1. The van der Waals surface area contributed by atoms with Crippen LogP contribution < -0.4 is 5.32 Å². The molecule has 0 radical (unpaired) electrons. The topological polar surface area (TPSA) is 44.7 Å². The molecule has 12 heavy (non-hydrogen) atoms. The highest BCUT2D eigenvalue weighted by molar-refractivity contribution is 4.71. The van der Waals surface area contributed by atoms with Crippen molar-refractivity contribution in [3.63, 3.8) is 0 Å². The van der Waals surface area contributed by atoms with Crippen molar-refractivity contribution in [3.05, 3.63) is 0 Å². The Bertz CT molecular complexity index is 122. The van der Waals surface area contributed by atoms with Crippen LogP contribution in [-0.2, 0) is 4.74 Å². The summed E-state index contributed by atoms with van der Waals surface area (Å²) in [5.74, 6) is 0. The number of nitrogens with zero attached hydrogens (tertiary/aromatic N) is 1. The molecule has 1 atom stereocenters. The van der Waals surface area contributed by atoms with Crippen LogP contribution in [0.4, 0.5) is 0 Å². The lowest BCUT2D eigenvalue weighted by Crippen LogP contribution is -2.52. The fourth-order valence-electron chi connectivity index (χ4n) is 1.44. The lowest BCUT2D eigenvalue weighted by atomic mass is 10.3. The molecule has 1 unspecified atom stereocenters. The number of rotatable bonds is 4. The van der Waals surface area contributed by atoms with Crippen molar-refractivity contribution in [3.8, 4) is 0 Å². The van der Waals surface area contributed by atoms with E-state index in [4.69, 9.17) is 9.84 Å². The number of aliphatic hydroxyl groups is 1. The highest BCUT2D eigenvalue weighted by Gasteiger charge is 2.20. The zero-order valence-electron chi connectivity index (χ0n) is 7.62. The van der Waals surface area contributed by atoms with E-state index in [-0.39, 0.29) is 12.8 Å². The first-order valence-corrected chi connectivity index (χ1v) is 4.55. The third-order valence-corrected chi connectivity index (χ3v) is 2.11. The van der Waals surface area contributed by atoms with Gasteiger partial charge in [-0.15, -0.1) is 0 Å². The summed E-state index contributed by atoms with van der Waals surface area (Å²) in [6.45, 7) is 6.61. The molecule has 0 aliphatic carbocycles. The van der Waals surface area contributed by atoms with Gasteiger partial charge in [-0.25, -0.2) is 0 Å². The molecule has 0 bridgehead atoms. The molecule has 0 aromatic heterocycles. The Balaban J connectivity index is 2.26. The summed E-state index contributed by atoms with van der Waals surface area (Å²) in [7, 11) is 0. The van der Waals surface area contributed by atoms with Crippen LogP contribution in [0.1, 0.15) is 6.92 Å². The molecule has 1 rings (SSSR count). The molecule has 0 saturated carbocycles. The molecule has 0 aromatic carbocycles. The molecule has 72 valence electrons. The van der Waals surface area contributed by atoms with Crippen molar-refractivity contribution < 1.29 is 9.84 Å². The summed E-state index contributed by atoms with van der Waals surface area (Å²) in [4.78, 5) is 2.27. The molecule has 0 spiro atoms. The normalized spacial score (nSPS) is 26.0. The van der Waals surface area contributed by atoms with Gasteiger partial charge >= 0.3 is 0 Å². The number of hydrogen-bond acceptors (Lipinski definition) is 4. The van der Waals surface area contributed by atoms with Crippen molar-refractivity contribution in [1.29, 1.82) is 0 Å². The molecular weight excluding hydrogens is 156 g/mol. The van der Waals surface area contributed by atoms with E-state index in [2.05, 4.69) is 17.1 Å². The minimum Gasteiger partial charge on any atom is -0.394 e. The van der Waals surface area contributed by atoms with Gasteiger partial charge < -0.3 is 15.2 Å². The van der Waals surface area contributed by atoms with E-state index in [1.165, 1.54) is 0 Å². The van der Waals surface area contributed by atoms with E-state index < -0.39 is 0 Å². The van der Waals surface area contributed by atoms with Gasteiger partial charge in [-0.2, -0.15) is 0 Å². The minimum absolute atomic E-state index is 0.105. The quantitative estimate of drug-likeness (QED) is 0.588. The van der Waals surface area contributed by atoms with Crippen LogP contribution in [0.25, 0.3) is 0 Å². The van der Waals surface area contributed by atoms with Crippen molar-refractivity contribution in [1.82, 2.24) is 10.2 Å². The van der Waals surface area contributed by atoms with Crippen molar-refractivity contribution in [2.45, 2.75) is 13.2 Å². The highest BCUT2D eigenvalue weighted by Crippen LogP contribution is 2.03. The average Bonchev–Trinajstić information content (AvgIpc) is 2.15. The first-order chi connectivity index (χ1) is 5.88. The second-order valence-electron chi connectivity index (χ2n) is 2.88. The third kappa shape index (κ3) is 2.71.